The Kier molecular flexibility index (Phi) is 2.85. The lowest BCUT2D eigenvalue weighted by Crippen LogP contribution is -2.42. The molecule has 2 aliphatic rings. The van der Waals surface area contributed by atoms with Crippen LogP contribution in [0.25, 0.3) is 0 Å². The maximum atomic E-state index is 2.71. The van der Waals surface area contributed by atoms with Crippen LogP contribution in [0.1, 0.15) is 44.6 Å². The topological polar surface area (TPSA) is 3.24 Å². The lowest BCUT2D eigenvalue weighted by Gasteiger charge is -2.40. The van der Waals surface area contributed by atoms with Crippen LogP contribution >= 0.6 is 0 Å². The van der Waals surface area contributed by atoms with Crippen LogP contribution in [0.3, 0.4) is 0 Å². The van der Waals surface area contributed by atoms with E-state index in [1.54, 1.807) is 0 Å². The molecule has 0 amide bonds. The molecule has 2 heterocycles. The second kappa shape index (κ2) is 4.36. The second-order valence-corrected chi connectivity index (χ2v) is 5.87. The number of hydrogen-bond donors (Lipinski definition) is 0. The zero-order chi connectivity index (χ0) is 11.8. The van der Waals surface area contributed by atoms with Crippen LogP contribution in [0.2, 0.25) is 0 Å². The van der Waals surface area contributed by atoms with E-state index in [0.29, 0.717) is 0 Å². The van der Waals surface area contributed by atoms with Gasteiger partial charge in [-0.1, -0.05) is 31.0 Å². The maximum absolute atomic E-state index is 2.71. The molecule has 0 aromatic heterocycles. The minimum absolute atomic E-state index is 0.821. The first-order chi connectivity index (χ1) is 8.28. The Labute approximate surface area is 105 Å². The van der Waals surface area contributed by atoms with Gasteiger partial charge in [0, 0.05) is 17.8 Å². The molecule has 0 aliphatic carbocycles. The molecule has 3 rings (SSSR count). The van der Waals surface area contributed by atoms with Crippen molar-refractivity contribution in [3.63, 3.8) is 0 Å². The van der Waals surface area contributed by atoms with Gasteiger partial charge < -0.3 is 4.90 Å². The van der Waals surface area contributed by atoms with Crippen LogP contribution in [-0.4, -0.2) is 12.1 Å². The first-order valence-corrected chi connectivity index (χ1v) is 7.13. The highest BCUT2D eigenvalue weighted by Gasteiger charge is 2.39. The van der Waals surface area contributed by atoms with E-state index in [1.807, 2.05) is 0 Å². The Bertz CT molecular complexity index is 367. The predicted molar refractivity (Wildman–Crippen MR) is 73.5 cm³/mol. The molecule has 2 unspecified atom stereocenters. The van der Waals surface area contributed by atoms with Gasteiger partial charge in [0.05, 0.1) is 0 Å². The van der Waals surface area contributed by atoms with Gasteiger partial charge in [-0.3, -0.25) is 0 Å². The summed E-state index contributed by atoms with van der Waals surface area (Å²) < 4.78 is 0. The number of piperidine rings is 1. The van der Waals surface area contributed by atoms with Crippen LogP contribution in [0, 0.1) is 12.8 Å². The van der Waals surface area contributed by atoms with E-state index < -0.39 is 0 Å². The Morgan fingerprint density at radius 2 is 1.65 bits per heavy atom. The van der Waals surface area contributed by atoms with Gasteiger partial charge in [-0.25, -0.2) is 0 Å². The van der Waals surface area contributed by atoms with E-state index in [-0.39, 0.29) is 0 Å². The molecule has 1 aromatic rings. The predicted octanol–water partition coefficient (Wildman–Crippen LogP) is 4.15. The molecule has 2 atom stereocenters. The summed E-state index contributed by atoms with van der Waals surface area (Å²) in [6, 6.07) is 10.8. The molecular formula is C16H23N. The van der Waals surface area contributed by atoms with Gasteiger partial charge in [0.1, 0.15) is 0 Å². The van der Waals surface area contributed by atoms with Crippen molar-refractivity contribution in [1.29, 1.82) is 0 Å². The number of benzene rings is 1. The van der Waals surface area contributed by atoms with Crippen molar-refractivity contribution in [1.82, 2.24) is 0 Å². The van der Waals surface area contributed by atoms with Crippen LogP contribution in [-0.2, 0) is 0 Å². The summed E-state index contributed by atoms with van der Waals surface area (Å²) in [5, 5.41) is 0. The summed E-state index contributed by atoms with van der Waals surface area (Å²) in [5.41, 5.74) is 2.82. The first-order valence-electron chi connectivity index (χ1n) is 7.13. The highest BCUT2D eigenvalue weighted by atomic mass is 15.2. The van der Waals surface area contributed by atoms with E-state index >= 15 is 0 Å². The summed E-state index contributed by atoms with van der Waals surface area (Å²) in [6.07, 6.45) is 7.03. The second-order valence-electron chi connectivity index (χ2n) is 5.87. The molecule has 2 aliphatic heterocycles. The van der Waals surface area contributed by atoms with Crippen molar-refractivity contribution in [2.24, 2.45) is 5.92 Å². The quantitative estimate of drug-likeness (QED) is 0.736. The van der Waals surface area contributed by atoms with Gasteiger partial charge in [0.25, 0.3) is 0 Å². The van der Waals surface area contributed by atoms with Crippen molar-refractivity contribution in [2.45, 2.75) is 58.0 Å². The average molecular weight is 229 g/mol. The minimum Gasteiger partial charge on any atom is -0.366 e. The van der Waals surface area contributed by atoms with Crippen molar-refractivity contribution in [3.8, 4) is 0 Å². The number of nitrogens with zero attached hydrogens (tertiary/aromatic N) is 1. The number of aryl methyl sites for hydroxylation is 1. The summed E-state index contributed by atoms with van der Waals surface area (Å²) in [6.45, 7) is 4.52. The zero-order valence-corrected chi connectivity index (χ0v) is 11.0. The fourth-order valence-corrected chi connectivity index (χ4v) is 3.76. The van der Waals surface area contributed by atoms with E-state index in [2.05, 4.69) is 43.0 Å². The van der Waals surface area contributed by atoms with E-state index in [4.69, 9.17) is 0 Å². The monoisotopic (exact) mass is 229 g/mol. The van der Waals surface area contributed by atoms with E-state index in [9.17, 15) is 0 Å². The number of rotatable bonds is 2. The number of anilines is 1. The minimum atomic E-state index is 0.821. The van der Waals surface area contributed by atoms with Gasteiger partial charge in [0.2, 0.25) is 0 Å². The molecule has 1 aromatic carbocycles. The Hall–Kier alpha value is -0.980. The number of hydrogen-bond acceptors (Lipinski definition) is 1. The normalized spacial score (nSPS) is 31.9. The molecule has 2 bridgehead atoms. The van der Waals surface area contributed by atoms with Gasteiger partial charge in [0.15, 0.2) is 0 Å². The highest BCUT2D eigenvalue weighted by Crippen LogP contribution is 2.42. The molecule has 0 radical (unpaired) electrons. The van der Waals surface area contributed by atoms with Crippen molar-refractivity contribution in [2.75, 3.05) is 4.90 Å². The fourth-order valence-electron chi connectivity index (χ4n) is 3.76. The van der Waals surface area contributed by atoms with Gasteiger partial charge >= 0.3 is 0 Å². The smallest absolute Gasteiger partial charge is 0.0371 e. The Morgan fingerprint density at radius 1 is 1.06 bits per heavy atom. The Balaban J connectivity index is 1.83. The molecule has 1 heteroatoms. The van der Waals surface area contributed by atoms with Gasteiger partial charge in [-0.05, 0) is 50.7 Å². The lowest BCUT2D eigenvalue weighted by atomic mass is 9.88. The fraction of sp³-hybridized carbons (Fsp3) is 0.625. The largest absolute Gasteiger partial charge is 0.366 e. The summed E-state index contributed by atoms with van der Waals surface area (Å²) in [5.74, 6) is 0.981. The number of fused-ring (bicyclic) bond motifs is 2. The standard InChI is InChI=1S/C16H23N/c1-3-13-10-15-8-9-16(11-13)17(15)14-6-4-12(2)5-7-14/h4-7,13,15-16H,3,8-11H2,1-2H3. The third kappa shape index (κ3) is 1.96. The third-order valence-electron chi connectivity index (χ3n) is 4.74. The molecule has 2 saturated heterocycles. The molecule has 17 heavy (non-hydrogen) atoms. The molecule has 0 saturated carbocycles. The van der Waals surface area contributed by atoms with E-state index in [0.717, 1.165) is 18.0 Å². The van der Waals surface area contributed by atoms with Gasteiger partial charge in [-0.2, -0.15) is 0 Å². The SMILES string of the molecule is CCC1CC2CCC(C1)N2c1ccc(C)cc1. The molecule has 2 fully saturated rings. The molecule has 0 N–H and O–H groups in total. The zero-order valence-electron chi connectivity index (χ0n) is 11.0. The van der Waals surface area contributed by atoms with Crippen LogP contribution in [0.4, 0.5) is 5.69 Å². The third-order valence-corrected chi connectivity index (χ3v) is 4.74. The molecule has 0 spiro atoms. The summed E-state index contributed by atoms with van der Waals surface area (Å²) in [7, 11) is 0. The lowest BCUT2D eigenvalue weighted by molar-refractivity contribution is 0.332. The van der Waals surface area contributed by atoms with Crippen molar-refractivity contribution >= 4 is 5.69 Å². The molecular weight excluding hydrogens is 206 g/mol. The average Bonchev–Trinajstić information content (AvgIpc) is 2.61. The summed E-state index contributed by atoms with van der Waals surface area (Å²) >= 11 is 0. The molecule has 1 nitrogen and oxygen atoms in total. The van der Waals surface area contributed by atoms with E-state index in [1.165, 1.54) is 43.4 Å². The Morgan fingerprint density at radius 3 is 2.18 bits per heavy atom. The van der Waals surface area contributed by atoms with Crippen molar-refractivity contribution in [3.05, 3.63) is 29.8 Å². The van der Waals surface area contributed by atoms with Gasteiger partial charge in [-0.15, -0.1) is 0 Å². The van der Waals surface area contributed by atoms with Crippen molar-refractivity contribution < 1.29 is 0 Å². The van der Waals surface area contributed by atoms with Crippen LogP contribution in [0.5, 0.6) is 0 Å². The maximum Gasteiger partial charge on any atom is 0.0371 e. The molecule has 92 valence electrons. The summed E-state index contributed by atoms with van der Waals surface area (Å²) in [4.78, 5) is 2.71. The van der Waals surface area contributed by atoms with Crippen LogP contribution in [0.15, 0.2) is 24.3 Å². The first kappa shape index (κ1) is 11.1. The highest BCUT2D eigenvalue weighted by molar-refractivity contribution is 5.51. The van der Waals surface area contributed by atoms with Crippen LogP contribution < -0.4 is 4.90 Å².